The van der Waals surface area contributed by atoms with E-state index in [0.29, 0.717) is 12.1 Å². The molecule has 2 atom stereocenters. The molecule has 0 aromatic heterocycles. The average molecular weight is 229 g/mol. The van der Waals surface area contributed by atoms with Gasteiger partial charge in [0.1, 0.15) is 0 Å². The molecule has 1 aliphatic heterocycles. The van der Waals surface area contributed by atoms with Gasteiger partial charge >= 0.3 is 0 Å². The first kappa shape index (κ1) is 13.9. The number of nitrogens with one attached hydrogen (secondary N) is 1. The summed E-state index contributed by atoms with van der Waals surface area (Å²) in [6, 6.07) is 0.620. The molecule has 1 fully saturated rings. The summed E-state index contributed by atoms with van der Waals surface area (Å²) in [6.07, 6.45) is 6.67. The fraction of sp³-hybridized carbons (Fsp3) is 1.00. The third-order valence-electron chi connectivity index (χ3n) is 3.08. The molecule has 3 heteroatoms. The standard InChI is InChI=1S/C13H27NO2/c1-3-4-5-6-12(2)14-8-10-16-13-7-9-15-11-13/h12-14H,3-11H2,1-2H3. The van der Waals surface area contributed by atoms with Gasteiger partial charge in [-0.2, -0.15) is 0 Å². The van der Waals surface area contributed by atoms with Crippen molar-refractivity contribution in [3.63, 3.8) is 0 Å². The van der Waals surface area contributed by atoms with Gasteiger partial charge in [0, 0.05) is 19.2 Å². The minimum absolute atomic E-state index is 0.345. The SMILES string of the molecule is CCCCCC(C)NCCOC1CCOC1. The fourth-order valence-electron chi connectivity index (χ4n) is 1.98. The minimum atomic E-state index is 0.345. The van der Waals surface area contributed by atoms with E-state index in [1.807, 2.05) is 0 Å². The molecule has 1 N–H and O–H groups in total. The summed E-state index contributed by atoms with van der Waals surface area (Å²) in [7, 11) is 0. The van der Waals surface area contributed by atoms with Crippen molar-refractivity contribution in [2.45, 2.75) is 58.1 Å². The van der Waals surface area contributed by atoms with Crippen molar-refractivity contribution in [3.8, 4) is 0 Å². The molecule has 3 nitrogen and oxygen atoms in total. The van der Waals surface area contributed by atoms with Crippen LogP contribution in [0.4, 0.5) is 0 Å². The first-order valence-electron chi connectivity index (χ1n) is 6.75. The Morgan fingerprint density at radius 3 is 3.00 bits per heavy atom. The zero-order chi connectivity index (χ0) is 11.6. The molecule has 0 aromatic rings. The molecular weight excluding hydrogens is 202 g/mol. The molecule has 1 heterocycles. The smallest absolute Gasteiger partial charge is 0.0831 e. The lowest BCUT2D eigenvalue weighted by Crippen LogP contribution is -2.30. The molecule has 1 aliphatic rings. The molecule has 0 amide bonds. The van der Waals surface area contributed by atoms with Crippen molar-refractivity contribution in [1.82, 2.24) is 5.32 Å². The molecule has 16 heavy (non-hydrogen) atoms. The van der Waals surface area contributed by atoms with E-state index in [-0.39, 0.29) is 0 Å². The maximum absolute atomic E-state index is 5.69. The Bertz CT molecular complexity index is 158. The van der Waals surface area contributed by atoms with Crippen molar-refractivity contribution >= 4 is 0 Å². The predicted octanol–water partition coefficient (Wildman–Crippen LogP) is 2.35. The predicted molar refractivity (Wildman–Crippen MR) is 66.8 cm³/mol. The van der Waals surface area contributed by atoms with Crippen LogP contribution in [0.1, 0.15) is 46.0 Å². The fourth-order valence-corrected chi connectivity index (χ4v) is 1.98. The summed E-state index contributed by atoms with van der Waals surface area (Å²) in [5.74, 6) is 0. The Labute approximate surface area is 99.9 Å². The van der Waals surface area contributed by atoms with Crippen molar-refractivity contribution in [2.75, 3.05) is 26.4 Å². The summed E-state index contributed by atoms with van der Waals surface area (Å²) < 4.78 is 10.9. The minimum Gasteiger partial charge on any atom is -0.379 e. The molecule has 0 bridgehead atoms. The molecule has 1 saturated heterocycles. The Morgan fingerprint density at radius 2 is 2.31 bits per heavy atom. The number of rotatable bonds is 9. The van der Waals surface area contributed by atoms with E-state index < -0.39 is 0 Å². The van der Waals surface area contributed by atoms with Crippen molar-refractivity contribution in [2.24, 2.45) is 0 Å². The van der Waals surface area contributed by atoms with Crippen LogP contribution >= 0.6 is 0 Å². The number of hydrogen-bond donors (Lipinski definition) is 1. The van der Waals surface area contributed by atoms with Crippen molar-refractivity contribution in [1.29, 1.82) is 0 Å². The summed E-state index contributed by atoms with van der Waals surface area (Å²) >= 11 is 0. The first-order chi connectivity index (χ1) is 7.83. The van der Waals surface area contributed by atoms with Crippen LogP contribution in [0.15, 0.2) is 0 Å². The summed E-state index contributed by atoms with van der Waals surface area (Å²) in [4.78, 5) is 0. The molecule has 0 aromatic carbocycles. The van der Waals surface area contributed by atoms with Gasteiger partial charge in [0.05, 0.1) is 19.3 Å². The van der Waals surface area contributed by atoms with Crippen LogP contribution in [0, 0.1) is 0 Å². The van der Waals surface area contributed by atoms with Crippen LogP contribution in [-0.4, -0.2) is 38.5 Å². The lowest BCUT2D eigenvalue weighted by Gasteiger charge is -2.15. The Kier molecular flexibility index (Phi) is 7.81. The molecule has 0 radical (unpaired) electrons. The van der Waals surface area contributed by atoms with Crippen LogP contribution in [0.3, 0.4) is 0 Å². The maximum Gasteiger partial charge on any atom is 0.0831 e. The third-order valence-corrected chi connectivity index (χ3v) is 3.08. The van der Waals surface area contributed by atoms with Crippen molar-refractivity contribution in [3.05, 3.63) is 0 Å². The highest BCUT2D eigenvalue weighted by Crippen LogP contribution is 2.07. The molecule has 2 unspecified atom stereocenters. The van der Waals surface area contributed by atoms with Gasteiger partial charge in [0.2, 0.25) is 0 Å². The molecule has 0 aliphatic carbocycles. The second-order valence-electron chi connectivity index (χ2n) is 4.71. The highest BCUT2D eigenvalue weighted by Gasteiger charge is 2.15. The second kappa shape index (κ2) is 8.97. The second-order valence-corrected chi connectivity index (χ2v) is 4.71. The van der Waals surface area contributed by atoms with E-state index in [2.05, 4.69) is 19.2 Å². The quantitative estimate of drug-likeness (QED) is 0.616. The molecule has 0 spiro atoms. The van der Waals surface area contributed by atoms with E-state index in [9.17, 15) is 0 Å². The van der Waals surface area contributed by atoms with Gasteiger partial charge in [0.15, 0.2) is 0 Å². The first-order valence-corrected chi connectivity index (χ1v) is 6.75. The zero-order valence-electron chi connectivity index (χ0n) is 10.8. The van der Waals surface area contributed by atoms with E-state index in [0.717, 1.165) is 32.8 Å². The van der Waals surface area contributed by atoms with Crippen LogP contribution in [0.25, 0.3) is 0 Å². The monoisotopic (exact) mass is 229 g/mol. The van der Waals surface area contributed by atoms with Gasteiger partial charge in [-0.1, -0.05) is 26.2 Å². The summed E-state index contributed by atoms with van der Waals surface area (Å²) in [5.41, 5.74) is 0. The van der Waals surface area contributed by atoms with Gasteiger partial charge in [-0.15, -0.1) is 0 Å². The van der Waals surface area contributed by atoms with E-state index in [4.69, 9.17) is 9.47 Å². The molecule has 96 valence electrons. The Balaban J connectivity index is 1.85. The largest absolute Gasteiger partial charge is 0.379 e. The van der Waals surface area contributed by atoms with Gasteiger partial charge in [-0.05, 0) is 19.8 Å². The highest BCUT2D eigenvalue weighted by molar-refractivity contribution is 4.64. The number of unbranched alkanes of at least 4 members (excludes halogenated alkanes) is 2. The topological polar surface area (TPSA) is 30.5 Å². The average Bonchev–Trinajstić information content (AvgIpc) is 2.78. The Hall–Kier alpha value is -0.120. The van der Waals surface area contributed by atoms with Crippen LogP contribution < -0.4 is 5.32 Å². The van der Waals surface area contributed by atoms with Crippen molar-refractivity contribution < 1.29 is 9.47 Å². The summed E-state index contributed by atoms with van der Waals surface area (Å²) in [5, 5.41) is 3.50. The van der Waals surface area contributed by atoms with E-state index in [1.54, 1.807) is 0 Å². The van der Waals surface area contributed by atoms with Gasteiger partial charge in [-0.25, -0.2) is 0 Å². The van der Waals surface area contributed by atoms with Gasteiger partial charge in [0.25, 0.3) is 0 Å². The number of hydrogen-bond acceptors (Lipinski definition) is 3. The Morgan fingerprint density at radius 1 is 1.44 bits per heavy atom. The summed E-state index contributed by atoms with van der Waals surface area (Å²) in [6.45, 7) is 7.93. The lowest BCUT2D eigenvalue weighted by atomic mass is 10.1. The molecule has 0 saturated carbocycles. The van der Waals surface area contributed by atoms with Crippen LogP contribution in [0.5, 0.6) is 0 Å². The van der Waals surface area contributed by atoms with Crippen LogP contribution in [-0.2, 0) is 9.47 Å². The zero-order valence-corrected chi connectivity index (χ0v) is 10.8. The highest BCUT2D eigenvalue weighted by atomic mass is 16.5. The van der Waals surface area contributed by atoms with Gasteiger partial charge in [-0.3, -0.25) is 0 Å². The number of ether oxygens (including phenoxy) is 2. The van der Waals surface area contributed by atoms with Crippen LogP contribution in [0.2, 0.25) is 0 Å². The van der Waals surface area contributed by atoms with Gasteiger partial charge < -0.3 is 14.8 Å². The maximum atomic E-state index is 5.69. The van der Waals surface area contributed by atoms with E-state index >= 15 is 0 Å². The molecular formula is C13H27NO2. The van der Waals surface area contributed by atoms with E-state index in [1.165, 1.54) is 25.7 Å². The normalized spacial score (nSPS) is 22.5. The third kappa shape index (κ3) is 6.46. The lowest BCUT2D eigenvalue weighted by molar-refractivity contribution is 0.0436. The molecule has 1 rings (SSSR count).